The molecule has 0 atom stereocenters. The molecule has 0 spiro atoms. The number of amides is 1. The van der Waals surface area contributed by atoms with E-state index in [1.807, 2.05) is 0 Å². The molecule has 0 bridgehead atoms. The van der Waals surface area contributed by atoms with Crippen LogP contribution in [0.3, 0.4) is 0 Å². The van der Waals surface area contributed by atoms with Gasteiger partial charge in [-0.15, -0.1) is 0 Å². The lowest BCUT2D eigenvalue weighted by Gasteiger charge is -2.21. The van der Waals surface area contributed by atoms with Gasteiger partial charge in [0.15, 0.2) is 9.84 Å². The Hall–Kier alpha value is -4.24. The average molecular weight is 515 g/mol. The van der Waals surface area contributed by atoms with Gasteiger partial charge in [0.25, 0.3) is 5.91 Å². The number of halogens is 2. The number of sulfone groups is 1. The molecule has 0 radical (unpaired) electrons. The summed E-state index contributed by atoms with van der Waals surface area (Å²) in [5, 5.41) is 11.0. The third kappa shape index (κ3) is 4.65. The van der Waals surface area contributed by atoms with Crippen LogP contribution in [-0.2, 0) is 15.3 Å². The first kappa shape index (κ1) is 24.9. The number of carbonyl (C=O) groups excluding carboxylic acids is 1. The zero-order valence-electron chi connectivity index (χ0n) is 19.3. The molecule has 3 heterocycles. The Balaban J connectivity index is 1.84. The molecule has 1 amide bonds. The van der Waals surface area contributed by atoms with Crippen molar-refractivity contribution in [3.8, 4) is 28.8 Å². The number of ether oxygens (including phenoxy) is 2. The number of imidazole rings is 1. The minimum atomic E-state index is -3.61. The molecule has 1 aliphatic rings. The third-order valence-corrected chi connectivity index (χ3v) is 6.58. The van der Waals surface area contributed by atoms with Crippen molar-refractivity contribution in [1.29, 1.82) is 5.26 Å². The summed E-state index contributed by atoms with van der Waals surface area (Å²) in [7, 11) is -2.35. The highest BCUT2D eigenvalue weighted by Crippen LogP contribution is 2.38. The third-order valence-electron chi connectivity index (χ3n) is 5.58. The van der Waals surface area contributed by atoms with Crippen LogP contribution in [0.15, 0.2) is 59.9 Å². The van der Waals surface area contributed by atoms with Gasteiger partial charge in [-0.3, -0.25) is 14.1 Å². The van der Waals surface area contributed by atoms with Gasteiger partial charge in [0.1, 0.15) is 22.7 Å². The molecule has 3 aromatic rings. The summed E-state index contributed by atoms with van der Waals surface area (Å²) in [6.45, 7) is 0.306. The van der Waals surface area contributed by atoms with E-state index in [-0.39, 0.29) is 11.3 Å². The van der Waals surface area contributed by atoms with Crippen molar-refractivity contribution in [3.05, 3.63) is 71.0 Å². The molecule has 0 aliphatic carbocycles. The smallest absolute Gasteiger partial charge is 0.387 e. The van der Waals surface area contributed by atoms with Gasteiger partial charge < -0.3 is 9.47 Å². The number of aromatic nitrogens is 2. The Kier molecular flexibility index (Phi) is 6.28. The second kappa shape index (κ2) is 9.09. The number of methoxy groups -OCH3 is 1. The zero-order valence-corrected chi connectivity index (χ0v) is 20.2. The first-order valence-corrected chi connectivity index (χ1v) is 12.1. The fraction of sp³-hybridized carbons (Fsp3) is 0.208. The minimum Gasteiger partial charge on any atom is -0.496 e. The maximum absolute atomic E-state index is 13.3. The summed E-state index contributed by atoms with van der Waals surface area (Å²) in [6, 6.07) is 8.47. The molecular formula is C24H20F2N4O5S. The SMILES string of the molecule is COc1cc(-c2cnc3cc(C(C)(C)C#N)ccn23)cc(OC(F)F)c1C(=O)N1C=CS(=O)(=O)C=C1. The van der Waals surface area contributed by atoms with Crippen molar-refractivity contribution in [3.63, 3.8) is 0 Å². The topological polar surface area (TPSA) is 114 Å². The molecule has 186 valence electrons. The lowest BCUT2D eigenvalue weighted by Crippen LogP contribution is -2.24. The Morgan fingerprint density at radius 2 is 1.83 bits per heavy atom. The molecule has 0 saturated carbocycles. The van der Waals surface area contributed by atoms with E-state index >= 15 is 0 Å². The van der Waals surface area contributed by atoms with Crippen LogP contribution < -0.4 is 9.47 Å². The van der Waals surface area contributed by atoms with Gasteiger partial charge in [0, 0.05) is 24.2 Å². The molecule has 1 aromatic carbocycles. The predicted molar refractivity (Wildman–Crippen MR) is 126 cm³/mol. The highest BCUT2D eigenvalue weighted by atomic mass is 32.2. The first-order chi connectivity index (χ1) is 17.0. The Morgan fingerprint density at radius 1 is 1.17 bits per heavy atom. The number of hydrogen-bond donors (Lipinski definition) is 0. The van der Waals surface area contributed by atoms with Gasteiger partial charge in [-0.2, -0.15) is 14.0 Å². The highest BCUT2D eigenvalue weighted by Gasteiger charge is 2.28. The lowest BCUT2D eigenvalue weighted by molar-refractivity contribution is -0.0502. The first-order valence-electron chi connectivity index (χ1n) is 10.5. The van der Waals surface area contributed by atoms with E-state index < -0.39 is 33.5 Å². The number of hydrogen-bond acceptors (Lipinski definition) is 7. The van der Waals surface area contributed by atoms with Crippen molar-refractivity contribution in [1.82, 2.24) is 14.3 Å². The fourth-order valence-corrected chi connectivity index (χ4v) is 4.30. The molecule has 0 unspecified atom stereocenters. The van der Waals surface area contributed by atoms with Gasteiger partial charge in [-0.1, -0.05) is 0 Å². The normalized spacial score (nSPS) is 14.8. The van der Waals surface area contributed by atoms with Crippen molar-refractivity contribution < 1.29 is 31.5 Å². The van der Waals surface area contributed by atoms with Crippen molar-refractivity contribution in [2.75, 3.05) is 7.11 Å². The van der Waals surface area contributed by atoms with Gasteiger partial charge in [-0.25, -0.2) is 13.4 Å². The van der Waals surface area contributed by atoms with Crippen molar-refractivity contribution >= 4 is 21.4 Å². The summed E-state index contributed by atoms with van der Waals surface area (Å²) < 4.78 is 61.5. The number of rotatable bonds is 6. The van der Waals surface area contributed by atoms with E-state index in [1.165, 1.54) is 25.4 Å². The number of alkyl halides is 2. The van der Waals surface area contributed by atoms with E-state index in [0.29, 0.717) is 16.9 Å². The van der Waals surface area contributed by atoms with Crippen LogP contribution in [0.4, 0.5) is 8.78 Å². The van der Waals surface area contributed by atoms with E-state index in [0.717, 1.165) is 33.7 Å². The quantitative estimate of drug-likeness (QED) is 0.484. The molecule has 12 heteroatoms. The van der Waals surface area contributed by atoms with E-state index in [2.05, 4.69) is 15.8 Å². The molecule has 0 fully saturated rings. The van der Waals surface area contributed by atoms with Crippen LogP contribution in [0.5, 0.6) is 11.5 Å². The molecule has 2 aromatic heterocycles. The monoisotopic (exact) mass is 514 g/mol. The molecule has 4 rings (SSSR count). The van der Waals surface area contributed by atoms with Gasteiger partial charge in [-0.05, 0) is 43.7 Å². The second-order valence-electron chi connectivity index (χ2n) is 8.33. The summed E-state index contributed by atoms with van der Waals surface area (Å²) in [4.78, 5) is 18.4. The largest absolute Gasteiger partial charge is 0.496 e. The minimum absolute atomic E-state index is 0.0689. The molecule has 9 nitrogen and oxygen atoms in total. The van der Waals surface area contributed by atoms with E-state index in [1.54, 1.807) is 36.6 Å². The zero-order chi connectivity index (χ0) is 26.3. The Morgan fingerprint density at radius 3 is 2.44 bits per heavy atom. The van der Waals surface area contributed by atoms with E-state index in [4.69, 9.17) is 4.74 Å². The standard InChI is InChI=1S/C24H20F2N4O5S/c1-24(2,14-27)16-4-5-30-17(13-28-20(30)12-16)15-10-18(34-3)21(19(11-15)35-23(25)26)22(31)29-6-8-36(32,33)9-7-29/h4-13,23H,1-3H3. The maximum atomic E-state index is 13.3. The summed E-state index contributed by atoms with van der Waals surface area (Å²) in [6.07, 6.45) is 5.22. The van der Waals surface area contributed by atoms with Crippen LogP contribution in [0.25, 0.3) is 16.9 Å². The van der Waals surface area contributed by atoms with Crippen LogP contribution in [0, 0.1) is 11.3 Å². The van der Waals surface area contributed by atoms with Gasteiger partial charge >= 0.3 is 6.61 Å². The number of pyridine rings is 1. The van der Waals surface area contributed by atoms with Crippen LogP contribution in [0.1, 0.15) is 29.8 Å². The number of benzene rings is 1. The number of fused-ring (bicyclic) bond motifs is 1. The highest BCUT2D eigenvalue weighted by molar-refractivity contribution is 7.97. The molecule has 0 saturated heterocycles. The van der Waals surface area contributed by atoms with E-state index in [9.17, 15) is 27.3 Å². The van der Waals surface area contributed by atoms with Crippen LogP contribution >= 0.6 is 0 Å². The molecular weight excluding hydrogens is 494 g/mol. The van der Waals surface area contributed by atoms with Gasteiger partial charge in [0.2, 0.25) is 0 Å². The summed E-state index contributed by atoms with van der Waals surface area (Å²) >= 11 is 0. The van der Waals surface area contributed by atoms with Gasteiger partial charge in [0.05, 0.1) is 41.3 Å². The fourth-order valence-electron chi connectivity index (χ4n) is 3.61. The maximum Gasteiger partial charge on any atom is 0.387 e. The summed E-state index contributed by atoms with van der Waals surface area (Å²) in [5.74, 6) is -1.37. The number of nitrogens with zero attached hydrogens (tertiary/aromatic N) is 4. The lowest BCUT2D eigenvalue weighted by atomic mass is 9.87. The second-order valence-corrected chi connectivity index (χ2v) is 10.0. The van der Waals surface area contributed by atoms with Crippen molar-refractivity contribution in [2.24, 2.45) is 0 Å². The summed E-state index contributed by atoms with van der Waals surface area (Å²) in [5.41, 5.74) is 1.07. The molecule has 0 N–H and O–H groups in total. The van der Waals surface area contributed by atoms with Crippen LogP contribution in [-0.4, -0.2) is 42.3 Å². The van der Waals surface area contributed by atoms with Crippen LogP contribution in [0.2, 0.25) is 0 Å². The number of nitriles is 1. The average Bonchev–Trinajstić information content (AvgIpc) is 3.26. The Labute approximate surface area is 205 Å². The Bertz CT molecular complexity index is 1550. The number of carbonyl (C=O) groups is 1. The molecule has 36 heavy (non-hydrogen) atoms. The predicted octanol–water partition coefficient (Wildman–Crippen LogP) is 4.23. The molecule has 1 aliphatic heterocycles. The van der Waals surface area contributed by atoms with Crippen molar-refractivity contribution in [2.45, 2.75) is 25.9 Å².